The van der Waals surface area contributed by atoms with Crippen LogP contribution in [-0.4, -0.2) is 36.4 Å². The molecule has 0 aliphatic heterocycles. The van der Waals surface area contributed by atoms with Gasteiger partial charge in [-0.3, -0.25) is 4.99 Å². The summed E-state index contributed by atoms with van der Waals surface area (Å²) in [5, 5.41) is 11.2. The first-order valence-electron chi connectivity index (χ1n) is 8.76. The molecule has 0 fully saturated rings. The van der Waals surface area contributed by atoms with Crippen LogP contribution < -0.4 is 15.4 Å². The zero-order chi connectivity index (χ0) is 18.1. The van der Waals surface area contributed by atoms with E-state index in [-0.39, 0.29) is 0 Å². The molecule has 2 N–H and O–H groups in total. The molecule has 136 valence electrons. The van der Waals surface area contributed by atoms with Gasteiger partial charge in [0.05, 0.1) is 25.0 Å². The van der Waals surface area contributed by atoms with Crippen molar-refractivity contribution in [2.24, 2.45) is 10.9 Å². The van der Waals surface area contributed by atoms with E-state index in [1.165, 1.54) is 6.42 Å². The number of ether oxygens (including phenoxy) is 1. The number of rotatable bonds is 8. The minimum absolute atomic E-state index is 0.632. The van der Waals surface area contributed by atoms with Crippen LogP contribution in [0.15, 0.2) is 41.5 Å². The molecule has 0 unspecified atom stereocenters. The second kappa shape index (κ2) is 9.71. The van der Waals surface area contributed by atoms with E-state index in [4.69, 9.17) is 4.74 Å². The topological polar surface area (TPSA) is 63.5 Å². The first-order valence-corrected chi connectivity index (χ1v) is 8.76. The normalized spacial score (nSPS) is 11.6. The van der Waals surface area contributed by atoms with Crippen LogP contribution in [0.3, 0.4) is 0 Å². The van der Waals surface area contributed by atoms with Crippen molar-refractivity contribution in [2.45, 2.75) is 33.2 Å². The van der Waals surface area contributed by atoms with Crippen LogP contribution in [0.1, 0.15) is 32.4 Å². The Balaban J connectivity index is 1.83. The summed E-state index contributed by atoms with van der Waals surface area (Å²) >= 11 is 0. The maximum atomic E-state index is 5.18. The highest BCUT2D eigenvalue weighted by molar-refractivity contribution is 5.79. The molecule has 0 aliphatic rings. The maximum absolute atomic E-state index is 5.18. The molecule has 0 saturated carbocycles. The third-order valence-electron chi connectivity index (χ3n) is 3.89. The molecule has 0 bridgehead atoms. The van der Waals surface area contributed by atoms with Gasteiger partial charge in [-0.05, 0) is 49.1 Å². The fourth-order valence-corrected chi connectivity index (χ4v) is 2.45. The Morgan fingerprint density at radius 1 is 1.20 bits per heavy atom. The quantitative estimate of drug-likeness (QED) is 0.439. The van der Waals surface area contributed by atoms with Crippen LogP contribution in [0, 0.1) is 5.92 Å². The van der Waals surface area contributed by atoms with E-state index in [0.717, 1.165) is 42.0 Å². The molecule has 6 nitrogen and oxygen atoms in total. The standard InChI is InChI=1S/C19H29N5O/c1-15(2)6-5-12-21-19(20-3)22-14-16-11-13-24(23-16)17-7-9-18(25-4)10-8-17/h7-11,13,15H,5-6,12,14H2,1-4H3,(H2,20,21,22). The fourth-order valence-electron chi connectivity index (χ4n) is 2.45. The van der Waals surface area contributed by atoms with Crippen molar-refractivity contribution in [3.8, 4) is 11.4 Å². The molecule has 0 saturated heterocycles. The van der Waals surface area contributed by atoms with E-state index >= 15 is 0 Å². The van der Waals surface area contributed by atoms with Crippen LogP contribution in [0.2, 0.25) is 0 Å². The Morgan fingerprint density at radius 2 is 1.96 bits per heavy atom. The molecule has 0 atom stereocenters. The van der Waals surface area contributed by atoms with Crippen LogP contribution in [0.5, 0.6) is 5.75 Å². The van der Waals surface area contributed by atoms with Gasteiger partial charge in [0, 0.05) is 19.8 Å². The first-order chi connectivity index (χ1) is 12.1. The number of nitrogens with zero attached hydrogens (tertiary/aromatic N) is 3. The zero-order valence-corrected chi connectivity index (χ0v) is 15.6. The van der Waals surface area contributed by atoms with E-state index in [9.17, 15) is 0 Å². The van der Waals surface area contributed by atoms with Gasteiger partial charge < -0.3 is 15.4 Å². The Kier molecular flexibility index (Phi) is 7.32. The van der Waals surface area contributed by atoms with Gasteiger partial charge in [-0.25, -0.2) is 4.68 Å². The third kappa shape index (κ3) is 6.14. The van der Waals surface area contributed by atoms with Crippen molar-refractivity contribution in [3.05, 3.63) is 42.2 Å². The van der Waals surface area contributed by atoms with Crippen molar-refractivity contribution in [1.82, 2.24) is 20.4 Å². The summed E-state index contributed by atoms with van der Waals surface area (Å²) in [6.45, 7) is 6.05. The molecule has 0 spiro atoms. The van der Waals surface area contributed by atoms with E-state index in [1.54, 1.807) is 14.2 Å². The molecule has 25 heavy (non-hydrogen) atoms. The predicted octanol–water partition coefficient (Wildman–Crippen LogP) is 2.98. The van der Waals surface area contributed by atoms with Gasteiger partial charge in [0.2, 0.25) is 0 Å². The second-order valence-electron chi connectivity index (χ2n) is 6.34. The van der Waals surface area contributed by atoms with Gasteiger partial charge in [-0.2, -0.15) is 5.10 Å². The number of benzene rings is 1. The summed E-state index contributed by atoms with van der Waals surface area (Å²) in [6.07, 6.45) is 4.32. The van der Waals surface area contributed by atoms with Gasteiger partial charge in [-0.15, -0.1) is 0 Å². The number of guanidine groups is 1. The summed E-state index contributed by atoms with van der Waals surface area (Å²) in [5.41, 5.74) is 1.96. The molecular weight excluding hydrogens is 314 g/mol. The average molecular weight is 343 g/mol. The Morgan fingerprint density at radius 3 is 2.60 bits per heavy atom. The molecule has 2 aromatic rings. The lowest BCUT2D eigenvalue weighted by atomic mass is 10.1. The highest BCUT2D eigenvalue weighted by Crippen LogP contribution is 2.14. The summed E-state index contributed by atoms with van der Waals surface area (Å²) in [4.78, 5) is 4.25. The third-order valence-corrected chi connectivity index (χ3v) is 3.89. The Hall–Kier alpha value is -2.50. The van der Waals surface area contributed by atoms with Gasteiger partial charge in [-0.1, -0.05) is 13.8 Å². The molecule has 0 amide bonds. The number of nitrogens with one attached hydrogen (secondary N) is 2. The summed E-state index contributed by atoms with van der Waals surface area (Å²) in [5.74, 6) is 2.38. The number of methoxy groups -OCH3 is 1. The predicted molar refractivity (Wildman–Crippen MR) is 102 cm³/mol. The molecule has 1 aromatic carbocycles. The molecule has 0 aliphatic carbocycles. The molecular formula is C19H29N5O. The van der Waals surface area contributed by atoms with Gasteiger partial charge >= 0.3 is 0 Å². The van der Waals surface area contributed by atoms with Crippen molar-refractivity contribution in [3.63, 3.8) is 0 Å². The number of aromatic nitrogens is 2. The van der Waals surface area contributed by atoms with Gasteiger partial charge in [0.1, 0.15) is 5.75 Å². The van der Waals surface area contributed by atoms with Crippen LogP contribution in [0.25, 0.3) is 5.69 Å². The van der Waals surface area contributed by atoms with Crippen molar-refractivity contribution >= 4 is 5.96 Å². The van der Waals surface area contributed by atoms with E-state index in [2.05, 4.69) is 34.6 Å². The molecule has 1 heterocycles. The highest BCUT2D eigenvalue weighted by Gasteiger charge is 2.04. The Labute approximate surface area is 150 Å². The van der Waals surface area contributed by atoms with Crippen molar-refractivity contribution in [1.29, 1.82) is 0 Å². The lowest BCUT2D eigenvalue weighted by Gasteiger charge is -2.11. The summed E-state index contributed by atoms with van der Waals surface area (Å²) < 4.78 is 7.04. The smallest absolute Gasteiger partial charge is 0.191 e. The summed E-state index contributed by atoms with van der Waals surface area (Å²) in [7, 11) is 3.45. The Bertz CT molecular complexity index is 661. The maximum Gasteiger partial charge on any atom is 0.191 e. The number of hydrogen-bond donors (Lipinski definition) is 2. The molecule has 2 rings (SSSR count). The zero-order valence-electron chi connectivity index (χ0n) is 15.6. The van der Waals surface area contributed by atoms with E-state index in [1.807, 2.05) is 41.2 Å². The van der Waals surface area contributed by atoms with Gasteiger partial charge in [0.25, 0.3) is 0 Å². The largest absolute Gasteiger partial charge is 0.497 e. The van der Waals surface area contributed by atoms with Gasteiger partial charge in [0.15, 0.2) is 5.96 Å². The first kappa shape index (κ1) is 18.8. The minimum Gasteiger partial charge on any atom is -0.497 e. The van der Waals surface area contributed by atoms with E-state index < -0.39 is 0 Å². The number of hydrogen-bond acceptors (Lipinski definition) is 3. The van der Waals surface area contributed by atoms with Crippen LogP contribution >= 0.6 is 0 Å². The monoisotopic (exact) mass is 343 g/mol. The average Bonchev–Trinajstić information content (AvgIpc) is 3.10. The van der Waals surface area contributed by atoms with Crippen LogP contribution in [-0.2, 0) is 6.54 Å². The lowest BCUT2D eigenvalue weighted by molar-refractivity contribution is 0.414. The SMILES string of the molecule is CN=C(NCCCC(C)C)NCc1ccn(-c2ccc(OC)cc2)n1. The summed E-state index contributed by atoms with van der Waals surface area (Å²) in [6, 6.07) is 9.83. The number of aliphatic imine (C=N–C) groups is 1. The second-order valence-corrected chi connectivity index (χ2v) is 6.34. The van der Waals surface area contributed by atoms with E-state index in [0.29, 0.717) is 6.54 Å². The fraction of sp³-hybridized carbons (Fsp3) is 0.474. The highest BCUT2D eigenvalue weighted by atomic mass is 16.5. The van der Waals surface area contributed by atoms with Crippen LogP contribution in [0.4, 0.5) is 0 Å². The van der Waals surface area contributed by atoms with Crippen molar-refractivity contribution in [2.75, 3.05) is 20.7 Å². The van der Waals surface area contributed by atoms with Crippen molar-refractivity contribution < 1.29 is 4.74 Å². The lowest BCUT2D eigenvalue weighted by Crippen LogP contribution is -2.37. The molecule has 6 heteroatoms. The molecule has 0 radical (unpaired) electrons. The molecule has 1 aromatic heterocycles. The minimum atomic E-state index is 0.632.